The molecule has 2 aromatic rings. The summed E-state index contributed by atoms with van der Waals surface area (Å²) in [6.45, 7) is 0.197. The van der Waals surface area contributed by atoms with Crippen LogP contribution in [0.1, 0.15) is 15.9 Å². The van der Waals surface area contributed by atoms with Crippen LogP contribution in [0.25, 0.3) is 0 Å². The summed E-state index contributed by atoms with van der Waals surface area (Å²) in [5, 5.41) is 7.59. The first-order valence-corrected chi connectivity index (χ1v) is 7.40. The summed E-state index contributed by atoms with van der Waals surface area (Å²) in [5.41, 5.74) is 0.383. The van der Waals surface area contributed by atoms with Crippen molar-refractivity contribution < 1.29 is 17.6 Å². The molecule has 3 N–H and O–H groups in total. The highest BCUT2D eigenvalue weighted by Gasteiger charge is 2.08. The molecule has 0 aliphatic heterocycles. The molecule has 0 unspecified atom stereocenters. The van der Waals surface area contributed by atoms with Crippen LogP contribution in [0.3, 0.4) is 0 Å². The lowest BCUT2D eigenvalue weighted by Gasteiger charge is -2.05. The molecule has 0 saturated heterocycles. The highest BCUT2D eigenvalue weighted by atomic mass is 32.2. The minimum absolute atomic E-state index is 0.00223. The molecule has 0 saturated carbocycles. The molecule has 0 spiro atoms. The molecule has 0 aliphatic carbocycles. The van der Waals surface area contributed by atoms with Gasteiger partial charge in [-0.25, -0.2) is 18.4 Å². The smallest absolute Gasteiger partial charge is 0.335 e. The van der Waals surface area contributed by atoms with Crippen LogP contribution in [0.4, 0.5) is 0 Å². The Morgan fingerprint density at radius 1 is 1.14 bits per heavy atom. The number of carbonyl (C=O) groups is 1. The van der Waals surface area contributed by atoms with Gasteiger partial charge in [0.2, 0.25) is 10.0 Å². The van der Waals surface area contributed by atoms with Crippen LogP contribution in [0.5, 0.6) is 0 Å². The zero-order valence-corrected chi connectivity index (χ0v) is 11.6. The first kappa shape index (κ1) is 14.9. The molecular formula is C13H12N2O5S. The maximum absolute atomic E-state index is 11.8. The number of carbonyl (C=O) groups excluding carboxylic acids is 1. The van der Waals surface area contributed by atoms with Gasteiger partial charge in [-0.1, -0.05) is 12.1 Å². The van der Waals surface area contributed by atoms with Gasteiger partial charge in [0.05, 0.1) is 10.5 Å². The number of nitrogens with two attached hydrogens (primary N) is 1. The highest BCUT2D eigenvalue weighted by Crippen LogP contribution is 2.08. The number of amides is 1. The Morgan fingerprint density at radius 3 is 2.33 bits per heavy atom. The maximum atomic E-state index is 11.8. The Bertz CT molecular complexity index is 789. The minimum Gasteiger partial charge on any atom is -0.430 e. The van der Waals surface area contributed by atoms with E-state index in [1.54, 1.807) is 12.1 Å². The molecule has 0 bridgehead atoms. The van der Waals surface area contributed by atoms with Gasteiger partial charge in [-0.05, 0) is 23.8 Å². The zero-order chi connectivity index (χ0) is 15.5. The summed E-state index contributed by atoms with van der Waals surface area (Å²) in [6, 6.07) is 8.31. The molecule has 110 valence electrons. The van der Waals surface area contributed by atoms with Crippen molar-refractivity contribution in [3.05, 3.63) is 64.2 Å². The lowest BCUT2D eigenvalue weighted by Crippen LogP contribution is -2.23. The maximum Gasteiger partial charge on any atom is 0.335 e. The van der Waals surface area contributed by atoms with Crippen LogP contribution in [-0.2, 0) is 16.6 Å². The second-order valence-electron chi connectivity index (χ2n) is 4.22. The topological polar surface area (TPSA) is 119 Å². The Labute approximate surface area is 120 Å². The van der Waals surface area contributed by atoms with Crippen molar-refractivity contribution in [3.8, 4) is 0 Å². The monoisotopic (exact) mass is 308 g/mol. The summed E-state index contributed by atoms with van der Waals surface area (Å²) in [4.78, 5) is 22.5. The van der Waals surface area contributed by atoms with Crippen molar-refractivity contribution in [1.82, 2.24) is 5.32 Å². The van der Waals surface area contributed by atoms with E-state index in [4.69, 9.17) is 5.14 Å². The fraction of sp³-hybridized carbons (Fsp3) is 0.0769. The Balaban J connectivity index is 2.01. The van der Waals surface area contributed by atoms with Gasteiger partial charge in [-0.2, -0.15) is 0 Å². The lowest BCUT2D eigenvalue weighted by atomic mass is 10.2. The number of rotatable bonds is 4. The van der Waals surface area contributed by atoms with E-state index in [-0.39, 0.29) is 17.0 Å². The van der Waals surface area contributed by atoms with E-state index in [9.17, 15) is 18.0 Å². The zero-order valence-electron chi connectivity index (χ0n) is 10.8. The van der Waals surface area contributed by atoms with Gasteiger partial charge >= 0.3 is 5.63 Å². The third kappa shape index (κ3) is 4.01. The van der Waals surface area contributed by atoms with E-state index in [1.807, 2.05) is 0 Å². The van der Waals surface area contributed by atoms with Gasteiger partial charge in [0.25, 0.3) is 5.91 Å². The summed E-state index contributed by atoms with van der Waals surface area (Å²) in [7, 11) is -3.73. The van der Waals surface area contributed by atoms with E-state index in [0.29, 0.717) is 5.56 Å². The Morgan fingerprint density at radius 2 is 1.81 bits per heavy atom. The van der Waals surface area contributed by atoms with E-state index in [0.717, 1.165) is 12.3 Å². The molecule has 1 aromatic heterocycles. The van der Waals surface area contributed by atoms with Gasteiger partial charge in [0.1, 0.15) is 6.26 Å². The summed E-state index contributed by atoms with van der Waals surface area (Å²) in [6.07, 6.45) is 1.07. The standard InChI is InChI=1S/C13H12N2O5S/c14-21(18,19)11-4-1-9(2-5-11)7-15-13(17)10-3-6-12(16)20-8-10/h1-6,8H,7H2,(H,15,17)(H2,14,18,19). The number of hydrogen-bond donors (Lipinski definition) is 2. The number of sulfonamides is 1. The van der Waals surface area contributed by atoms with Gasteiger partial charge in [-0.3, -0.25) is 4.79 Å². The van der Waals surface area contributed by atoms with Gasteiger partial charge in [0.15, 0.2) is 0 Å². The van der Waals surface area contributed by atoms with Crippen LogP contribution in [0.2, 0.25) is 0 Å². The fourth-order valence-corrected chi connectivity index (χ4v) is 2.08. The molecule has 1 heterocycles. The summed E-state index contributed by atoms with van der Waals surface area (Å²) >= 11 is 0. The molecule has 21 heavy (non-hydrogen) atoms. The molecule has 0 radical (unpaired) electrons. The molecule has 2 rings (SSSR count). The average Bonchev–Trinajstić information content (AvgIpc) is 2.45. The first-order valence-electron chi connectivity index (χ1n) is 5.85. The van der Waals surface area contributed by atoms with Gasteiger partial charge in [-0.15, -0.1) is 0 Å². The molecule has 0 aliphatic rings. The molecule has 7 nitrogen and oxygen atoms in total. The van der Waals surface area contributed by atoms with Crippen molar-refractivity contribution in [3.63, 3.8) is 0 Å². The van der Waals surface area contributed by atoms with E-state index in [1.165, 1.54) is 18.2 Å². The van der Waals surface area contributed by atoms with E-state index in [2.05, 4.69) is 9.73 Å². The normalized spacial score (nSPS) is 11.1. The first-order chi connectivity index (χ1) is 9.86. The highest BCUT2D eigenvalue weighted by molar-refractivity contribution is 7.89. The van der Waals surface area contributed by atoms with Crippen LogP contribution < -0.4 is 16.1 Å². The average molecular weight is 308 g/mol. The SMILES string of the molecule is NS(=O)(=O)c1ccc(CNC(=O)c2ccc(=O)oc2)cc1. The van der Waals surface area contributed by atoms with E-state index >= 15 is 0 Å². The van der Waals surface area contributed by atoms with Crippen LogP contribution >= 0.6 is 0 Å². The van der Waals surface area contributed by atoms with Crippen molar-refractivity contribution in [2.45, 2.75) is 11.4 Å². The summed E-state index contributed by atoms with van der Waals surface area (Å²) in [5.74, 6) is -0.408. The molecule has 1 amide bonds. The third-order valence-electron chi connectivity index (χ3n) is 2.67. The predicted molar refractivity (Wildman–Crippen MR) is 74.0 cm³/mol. The molecule has 0 fully saturated rings. The summed E-state index contributed by atoms with van der Waals surface area (Å²) < 4.78 is 26.8. The van der Waals surface area contributed by atoms with Crippen molar-refractivity contribution in [2.24, 2.45) is 5.14 Å². The van der Waals surface area contributed by atoms with Gasteiger partial charge < -0.3 is 9.73 Å². The fourth-order valence-electron chi connectivity index (χ4n) is 1.57. The molecule has 1 aromatic carbocycles. The number of benzene rings is 1. The lowest BCUT2D eigenvalue weighted by molar-refractivity contribution is 0.0948. The second-order valence-corrected chi connectivity index (χ2v) is 5.78. The van der Waals surface area contributed by atoms with Crippen molar-refractivity contribution in [2.75, 3.05) is 0 Å². The van der Waals surface area contributed by atoms with Crippen molar-refractivity contribution >= 4 is 15.9 Å². The largest absolute Gasteiger partial charge is 0.430 e. The second kappa shape index (κ2) is 5.90. The molecular weight excluding hydrogens is 296 g/mol. The number of nitrogens with one attached hydrogen (secondary N) is 1. The quantitative estimate of drug-likeness (QED) is 0.837. The van der Waals surface area contributed by atoms with Gasteiger partial charge in [0, 0.05) is 12.6 Å². The molecule has 8 heteroatoms. The molecule has 0 atom stereocenters. The predicted octanol–water partition coefficient (Wildman–Crippen LogP) is 0.217. The van der Waals surface area contributed by atoms with E-state index < -0.39 is 21.6 Å². The Hall–Kier alpha value is -2.45. The van der Waals surface area contributed by atoms with Crippen LogP contribution in [-0.4, -0.2) is 14.3 Å². The van der Waals surface area contributed by atoms with Crippen LogP contribution in [0.15, 0.2) is 56.8 Å². The Kier molecular flexibility index (Phi) is 4.20. The number of primary sulfonamides is 1. The number of hydrogen-bond acceptors (Lipinski definition) is 5. The van der Waals surface area contributed by atoms with Crippen LogP contribution in [0, 0.1) is 0 Å². The third-order valence-corrected chi connectivity index (χ3v) is 3.60. The minimum atomic E-state index is -3.73. The van der Waals surface area contributed by atoms with Crippen molar-refractivity contribution in [1.29, 1.82) is 0 Å².